The van der Waals surface area contributed by atoms with Gasteiger partial charge in [0, 0.05) is 23.6 Å². The first kappa shape index (κ1) is 24.9. The lowest BCUT2D eigenvalue weighted by Crippen LogP contribution is -2.43. The molecule has 1 aliphatic rings. The molecule has 8 heteroatoms. The van der Waals surface area contributed by atoms with Crippen molar-refractivity contribution in [3.8, 4) is 5.75 Å². The SMILES string of the molecule is O=C(OC1(c2ccccc2)CCNCC1)c1ccc(OC(=O)c2cc(I)cc(I)c2I)cc1. The Labute approximate surface area is 233 Å². The van der Waals surface area contributed by atoms with Crippen LogP contribution in [0.3, 0.4) is 0 Å². The molecular weight excluding hydrogens is 759 g/mol. The molecule has 3 aromatic rings. The molecule has 1 saturated heterocycles. The van der Waals surface area contributed by atoms with Gasteiger partial charge in [0.05, 0.1) is 11.1 Å². The van der Waals surface area contributed by atoms with E-state index in [2.05, 4.69) is 73.1 Å². The van der Waals surface area contributed by atoms with Crippen LogP contribution in [0.15, 0.2) is 66.7 Å². The number of hydrogen-bond donors (Lipinski definition) is 1. The molecule has 5 nitrogen and oxygen atoms in total. The zero-order valence-electron chi connectivity index (χ0n) is 17.4. The van der Waals surface area contributed by atoms with Gasteiger partial charge in [-0.15, -0.1) is 0 Å². The van der Waals surface area contributed by atoms with E-state index in [0.29, 0.717) is 29.7 Å². The lowest BCUT2D eigenvalue weighted by molar-refractivity contribution is -0.0378. The molecule has 0 bridgehead atoms. The number of hydrogen-bond acceptors (Lipinski definition) is 5. The van der Waals surface area contributed by atoms with Crippen LogP contribution < -0.4 is 10.1 Å². The van der Waals surface area contributed by atoms with Gasteiger partial charge in [-0.2, -0.15) is 0 Å². The lowest BCUT2D eigenvalue weighted by atomic mass is 9.84. The largest absolute Gasteiger partial charge is 0.450 e. The van der Waals surface area contributed by atoms with Crippen molar-refractivity contribution in [2.45, 2.75) is 18.4 Å². The first-order valence-electron chi connectivity index (χ1n) is 10.3. The van der Waals surface area contributed by atoms with Crippen molar-refractivity contribution >= 4 is 79.7 Å². The topological polar surface area (TPSA) is 64.6 Å². The third-order valence-corrected chi connectivity index (χ3v) is 9.18. The van der Waals surface area contributed by atoms with Crippen molar-refractivity contribution in [1.82, 2.24) is 5.32 Å². The number of halogens is 3. The Morgan fingerprint density at radius 2 is 1.52 bits per heavy atom. The molecule has 4 rings (SSSR count). The summed E-state index contributed by atoms with van der Waals surface area (Å²) in [4.78, 5) is 25.7. The Bertz CT molecular complexity index is 1160. The van der Waals surface area contributed by atoms with Gasteiger partial charge in [0.1, 0.15) is 11.4 Å². The summed E-state index contributed by atoms with van der Waals surface area (Å²) < 4.78 is 14.5. The quantitative estimate of drug-likeness (QED) is 0.146. The van der Waals surface area contributed by atoms with Gasteiger partial charge in [-0.1, -0.05) is 30.3 Å². The number of rotatable bonds is 5. The molecule has 0 radical (unpaired) electrons. The maximum Gasteiger partial charge on any atom is 0.344 e. The van der Waals surface area contributed by atoms with Gasteiger partial charge in [0.15, 0.2) is 0 Å². The molecule has 0 amide bonds. The van der Waals surface area contributed by atoms with Crippen LogP contribution in [0.25, 0.3) is 0 Å². The molecular formula is C25H20I3NO4. The molecule has 0 atom stereocenters. The summed E-state index contributed by atoms with van der Waals surface area (Å²) in [5.41, 5.74) is 1.30. The van der Waals surface area contributed by atoms with Crippen molar-refractivity contribution < 1.29 is 19.1 Å². The molecule has 1 heterocycles. The van der Waals surface area contributed by atoms with E-state index in [1.54, 1.807) is 30.3 Å². The van der Waals surface area contributed by atoms with Crippen LogP contribution in [0.2, 0.25) is 0 Å². The lowest BCUT2D eigenvalue weighted by Gasteiger charge is -2.37. The summed E-state index contributed by atoms with van der Waals surface area (Å²) >= 11 is 6.53. The van der Waals surface area contributed by atoms with Crippen LogP contribution in [-0.2, 0) is 10.3 Å². The van der Waals surface area contributed by atoms with E-state index in [9.17, 15) is 9.59 Å². The molecule has 170 valence electrons. The fraction of sp³-hybridized carbons (Fsp3) is 0.200. The highest BCUT2D eigenvalue weighted by Gasteiger charge is 2.38. The van der Waals surface area contributed by atoms with E-state index in [1.807, 2.05) is 36.4 Å². The monoisotopic (exact) mass is 779 g/mol. The minimum atomic E-state index is -0.646. The van der Waals surface area contributed by atoms with E-state index in [-0.39, 0.29) is 5.97 Å². The molecule has 0 aliphatic carbocycles. The van der Waals surface area contributed by atoms with Crippen molar-refractivity contribution in [3.63, 3.8) is 0 Å². The second-order valence-electron chi connectivity index (χ2n) is 7.66. The summed E-state index contributed by atoms with van der Waals surface area (Å²) in [5, 5.41) is 3.33. The summed E-state index contributed by atoms with van der Waals surface area (Å²) in [6.07, 6.45) is 1.43. The second kappa shape index (κ2) is 11.0. The minimum absolute atomic E-state index is 0.376. The molecule has 33 heavy (non-hydrogen) atoms. The second-order valence-corrected chi connectivity index (χ2v) is 11.1. The Kier molecular flexibility index (Phi) is 8.28. The number of nitrogens with one attached hydrogen (secondary N) is 1. The predicted molar refractivity (Wildman–Crippen MR) is 152 cm³/mol. The molecule has 1 N–H and O–H groups in total. The number of carbonyl (C=O) groups is 2. The fourth-order valence-corrected chi connectivity index (χ4v) is 6.16. The van der Waals surface area contributed by atoms with E-state index in [1.165, 1.54) is 0 Å². The van der Waals surface area contributed by atoms with Gasteiger partial charge in [-0.3, -0.25) is 0 Å². The van der Waals surface area contributed by atoms with Crippen LogP contribution in [0.4, 0.5) is 0 Å². The zero-order valence-corrected chi connectivity index (χ0v) is 23.9. The molecule has 3 aromatic carbocycles. The van der Waals surface area contributed by atoms with Gasteiger partial charge in [0.25, 0.3) is 0 Å². The highest BCUT2D eigenvalue weighted by atomic mass is 127. The summed E-state index contributed by atoms with van der Waals surface area (Å²) in [6.45, 7) is 1.57. The zero-order chi connectivity index (χ0) is 23.4. The average Bonchev–Trinajstić information content (AvgIpc) is 2.83. The maximum absolute atomic E-state index is 13.0. The normalized spacial score (nSPS) is 15.0. The van der Waals surface area contributed by atoms with E-state index < -0.39 is 11.6 Å². The number of benzene rings is 3. The number of esters is 2. The first-order chi connectivity index (χ1) is 15.9. The van der Waals surface area contributed by atoms with Gasteiger partial charge >= 0.3 is 11.9 Å². The third-order valence-electron chi connectivity index (χ3n) is 5.51. The van der Waals surface area contributed by atoms with Crippen molar-refractivity contribution in [2.24, 2.45) is 0 Å². The van der Waals surface area contributed by atoms with Crippen LogP contribution >= 0.6 is 67.8 Å². The number of piperidine rings is 1. The standard InChI is InChI=1S/C25H20I3NO4/c26-18-14-20(22(28)21(27)15-18)24(31)32-19-8-6-16(7-9-19)23(30)33-25(10-12-29-13-11-25)17-4-2-1-3-5-17/h1-9,14-15,29H,10-13H2. The average molecular weight is 779 g/mol. The molecule has 0 aromatic heterocycles. The van der Waals surface area contributed by atoms with E-state index >= 15 is 0 Å². The number of carbonyl (C=O) groups excluding carboxylic acids is 2. The Balaban J connectivity index is 1.49. The molecule has 1 fully saturated rings. The van der Waals surface area contributed by atoms with Crippen LogP contribution in [-0.4, -0.2) is 25.0 Å². The molecule has 0 unspecified atom stereocenters. The third kappa shape index (κ3) is 5.88. The summed E-state index contributed by atoms with van der Waals surface area (Å²) in [7, 11) is 0. The number of ether oxygens (including phenoxy) is 2. The van der Waals surface area contributed by atoms with Gasteiger partial charge in [0.2, 0.25) is 0 Å². The maximum atomic E-state index is 13.0. The Morgan fingerprint density at radius 1 is 0.848 bits per heavy atom. The first-order valence-corrected chi connectivity index (χ1v) is 13.6. The fourth-order valence-electron chi connectivity index (χ4n) is 3.78. The Hall–Kier alpha value is -1.25. The van der Waals surface area contributed by atoms with E-state index in [4.69, 9.17) is 9.47 Å². The highest BCUT2D eigenvalue weighted by Crippen LogP contribution is 2.35. The van der Waals surface area contributed by atoms with Crippen LogP contribution in [0.1, 0.15) is 39.1 Å². The van der Waals surface area contributed by atoms with Crippen molar-refractivity contribution in [3.05, 3.63) is 94.1 Å². The van der Waals surface area contributed by atoms with Crippen molar-refractivity contribution in [1.29, 1.82) is 0 Å². The van der Waals surface area contributed by atoms with Gasteiger partial charge < -0.3 is 14.8 Å². The summed E-state index contributed by atoms with van der Waals surface area (Å²) in [6, 6.07) is 20.2. The highest BCUT2D eigenvalue weighted by molar-refractivity contribution is 14.1. The molecule has 1 aliphatic heterocycles. The van der Waals surface area contributed by atoms with Crippen LogP contribution in [0.5, 0.6) is 5.75 Å². The summed E-state index contributed by atoms with van der Waals surface area (Å²) in [5.74, 6) is -0.440. The smallest absolute Gasteiger partial charge is 0.344 e. The minimum Gasteiger partial charge on any atom is -0.450 e. The molecule has 0 saturated carbocycles. The predicted octanol–water partition coefficient (Wildman–Crippen LogP) is 6.16. The Morgan fingerprint density at radius 3 is 2.18 bits per heavy atom. The van der Waals surface area contributed by atoms with Crippen LogP contribution in [0, 0.1) is 10.7 Å². The van der Waals surface area contributed by atoms with E-state index in [0.717, 1.165) is 29.4 Å². The van der Waals surface area contributed by atoms with Gasteiger partial charge in [-0.25, -0.2) is 9.59 Å². The molecule has 0 spiro atoms. The van der Waals surface area contributed by atoms with Crippen molar-refractivity contribution in [2.75, 3.05) is 13.1 Å². The van der Waals surface area contributed by atoms with Gasteiger partial charge in [-0.05, 0) is 123 Å².